The van der Waals surface area contributed by atoms with E-state index in [0.717, 1.165) is 44.7 Å². The minimum atomic E-state index is 0.162. The van der Waals surface area contributed by atoms with Crippen molar-refractivity contribution >= 4 is 5.91 Å². The summed E-state index contributed by atoms with van der Waals surface area (Å²) in [5.74, 6) is 0.162. The topological polar surface area (TPSA) is 23.6 Å². The van der Waals surface area contributed by atoms with Gasteiger partial charge in [-0.1, -0.05) is 48.5 Å². The molecule has 0 unspecified atom stereocenters. The lowest BCUT2D eigenvalue weighted by atomic mass is 10.1. The Bertz CT molecular complexity index is 604. The Morgan fingerprint density at radius 1 is 0.826 bits per heavy atom. The fraction of sp³-hybridized carbons (Fsp3) is 0.350. The monoisotopic (exact) mass is 308 g/mol. The Kier molecular flexibility index (Phi) is 5.43. The van der Waals surface area contributed by atoms with E-state index in [-0.39, 0.29) is 5.91 Å². The zero-order valence-corrected chi connectivity index (χ0v) is 13.5. The van der Waals surface area contributed by atoms with Crippen molar-refractivity contribution in [2.45, 2.75) is 12.8 Å². The fourth-order valence-corrected chi connectivity index (χ4v) is 3.09. The molecule has 0 aromatic heterocycles. The van der Waals surface area contributed by atoms with Gasteiger partial charge in [-0.2, -0.15) is 0 Å². The van der Waals surface area contributed by atoms with E-state index in [0.29, 0.717) is 0 Å². The molecular formula is C20H24N2O. The molecule has 0 saturated carbocycles. The van der Waals surface area contributed by atoms with E-state index in [1.54, 1.807) is 0 Å². The van der Waals surface area contributed by atoms with Gasteiger partial charge in [0.2, 0.25) is 0 Å². The van der Waals surface area contributed by atoms with Gasteiger partial charge in [-0.15, -0.1) is 0 Å². The van der Waals surface area contributed by atoms with Gasteiger partial charge >= 0.3 is 0 Å². The third kappa shape index (κ3) is 4.42. The third-order valence-corrected chi connectivity index (χ3v) is 4.46. The number of carbonyl (C=O) groups is 1. The van der Waals surface area contributed by atoms with Crippen LogP contribution >= 0.6 is 0 Å². The van der Waals surface area contributed by atoms with Crippen molar-refractivity contribution < 1.29 is 4.79 Å². The van der Waals surface area contributed by atoms with E-state index < -0.39 is 0 Å². The summed E-state index contributed by atoms with van der Waals surface area (Å²) < 4.78 is 0. The molecule has 1 aliphatic rings. The van der Waals surface area contributed by atoms with Gasteiger partial charge in [0.1, 0.15) is 0 Å². The van der Waals surface area contributed by atoms with Gasteiger partial charge in [0, 0.05) is 31.7 Å². The van der Waals surface area contributed by atoms with Crippen molar-refractivity contribution in [1.29, 1.82) is 0 Å². The minimum Gasteiger partial charge on any atom is -0.336 e. The lowest BCUT2D eigenvalue weighted by molar-refractivity contribution is 0.0636. The quantitative estimate of drug-likeness (QED) is 0.847. The van der Waals surface area contributed by atoms with Crippen molar-refractivity contribution in [3.63, 3.8) is 0 Å². The van der Waals surface area contributed by atoms with Crippen molar-refractivity contribution in [2.24, 2.45) is 0 Å². The molecule has 0 bridgehead atoms. The van der Waals surface area contributed by atoms with Gasteiger partial charge in [0.25, 0.3) is 5.91 Å². The van der Waals surface area contributed by atoms with Crippen LogP contribution in [-0.4, -0.2) is 48.4 Å². The van der Waals surface area contributed by atoms with Gasteiger partial charge in [-0.3, -0.25) is 9.69 Å². The second-order valence-electron chi connectivity index (χ2n) is 6.09. The number of piperazine rings is 1. The number of hydrogen-bond donors (Lipinski definition) is 0. The SMILES string of the molecule is O=C(c1ccccc1)N1CCN(CCCc2ccccc2)CC1. The molecule has 2 aromatic rings. The van der Waals surface area contributed by atoms with Crippen LogP contribution in [0.1, 0.15) is 22.3 Å². The maximum Gasteiger partial charge on any atom is 0.253 e. The minimum absolute atomic E-state index is 0.162. The van der Waals surface area contributed by atoms with Crippen LogP contribution in [-0.2, 0) is 6.42 Å². The fourth-order valence-electron chi connectivity index (χ4n) is 3.09. The van der Waals surface area contributed by atoms with Gasteiger partial charge in [0.05, 0.1) is 0 Å². The summed E-state index contributed by atoms with van der Waals surface area (Å²) in [6, 6.07) is 20.2. The number of rotatable bonds is 5. The summed E-state index contributed by atoms with van der Waals surface area (Å²) in [5.41, 5.74) is 2.20. The summed E-state index contributed by atoms with van der Waals surface area (Å²) in [4.78, 5) is 16.9. The normalized spacial score (nSPS) is 15.6. The Morgan fingerprint density at radius 2 is 1.43 bits per heavy atom. The molecule has 1 fully saturated rings. The molecule has 3 rings (SSSR count). The van der Waals surface area contributed by atoms with E-state index in [2.05, 4.69) is 35.2 Å². The molecule has 3 heteroatoms. The molecule has 1 amide bonds. The van der Waals surface area contributed by atoms with Crippen LogP contribution < -0.4 is 0 Å². The predicted molar refractivity (Wildman–Crippen MR) is 93.5 cm³/mol. The average molecular weight is 308 g/mol. The highest BCUT2D eigenvalue weighted by Crippen LogP contribution is 2.10. The molecule has 2 aromatic carbocycles. The van der Waals surface area contributed by atoms with E-state index in [1.165, 1.54) is 12.0 Å². The van der Waals surface area contributed by atoms with Crippen LogP contribution in [0.3, 0.4) is 0 Å². The van der Waals surface area contributed by atoms with Crippen LogP contribution in [0.25, 0.3) is 0 Å². The van der Waals surface area contributed by atoms with Crippen molar-refractivity contribution in [2.75, 3.05) is 32.7 Å². The molecule has 0 N–H and O–H groups in total. The standard InChI is InChI=1S/C20H24N2O/c23-20(19-11-5-2-6-12-19)22-16-14-21(15-17-22)13-7-10-18-8-3-1-4-9-18/h1-6,8-9,11-12H,7,10,13-17H2. The van der Waals surface area contributed by atoms with E-state index in [4.69, 9.17) is 0 Å². The van der Waals surface area contributed by atoms with Crippen LogP contribution in [0.2, 0.25) is 0 Å². The van der Waals surface area contributed by atoms with Gasteiger partial charge in [0.15, 0.2) is 0 Å². The molecule has 23 heavy (non-hydrogen) atoms. The molecular weight excluding hydrogens is 284 g/mol. The maximum absolute atomic E-state index is 12.4. The molecule has 0 radical (unpaired) electrons. The molecule has 3 nitrogen and oxygen atoms in total. The van der Waals surface area contributed by atoms with Gasteiger partial charge in [-0.05, 0) is 37.1 Å². The largest absolute Gasteiger partial charge is 0.336 e. The summed E-state index contributed by atoms with van der Waals surface area (Å²) in [5, 5.41) is 0. The Hall–Kier alpha value is -2.13. The first-order chi connectivity index (χ1) is 11.3. The number of amides is 1. The predicted octanol–water partition coefficient (Wildman–Crippen LogP) is 3.08. The zero-order valence-electron chi connectivity index (χ0n) is 13.5. The Morgan fingerprint density at radius 3 is 2.09 bits per heavy atom. The molecule has 0 atom stereocenters. The molecule has 1 aliphatic heterocycles. The van der Waals surface area contributed by atoms with Crippen LogP contribution in [0, 0.1) is 0 Å². The Labute approximate surface area is 138 Å². The van der Waals surface area contributed by atoms with E-state index in [1.807, 2.05) is 35.2 Å². The molecule has 1 saturated heterocycles. The van der Waals surface area contributed by atoms with Crippen molar-refractivity contribution in [1.82, 2.24) is 9.80 Å². The zero-order chi connectivity index (χ0) is 15.9. The lowest BCUT2D eigenvalue weighted by Crippen LogP contribution is -2.48. The summed E-state index contributed by atoms with van der Waals surface area (Å²) >= 11 is 0. The number of nitrogens with zero attached hydrogens (tertiary/aromatic N) is 2. The maximum atomic E-state index is 12.4. The van der Waals surface area contributed by atoms with Crippen molar-refractivity contribution in [3.8, 4) is 0 Å². The smallest absolute Gasteiger partial charge is 0.253 e. The molecule has 0 spiro atoms. The highest BCUT2D eigenvalue weighted by Gasteiger charge is 2.21. The number of benzene rings is 2. The first-order valence-electron chi connectivity index (χ1n) is 8.43. The van der Waals surface area contributed by atoms with Crippen molar-refractivity contribution in [3.05, 3.63) is 71.8 Å². The molecule has 0 aliphatic carbocycles. The first-order valence-corrected chi connectivity index (χ1v) is 8.43. The Balaban J connectivity index is 1.41. The van der Waals surface area contributed by atoms with Gasteiger partial charge < -0.3 is 4.90 Å². The highest BCUT2D eigenvalue weighted by atomic mass is 16.2. The highest BCUT2D eigenvalue weighted by molar-refractivity contribution is 5.94. The molecule has 1 heterocycles. The number of hydrogen-bond acceptors (Lipinski definition) is 2. The van der Waals surface area contributed by atoms with Crippen LogP contribution in [0.15, 0.2) is 60.7 Å². The third-order valence-electron chi connectivity index (χ3n) is 4.46. The van der Waals surface area contributed by atoms with Crippen LogP contribution in [0.5, 0.6) is 0 Å². The van der Waals surface area contributed by atoms with Gasteiger partial charge in [-0.25, -0.2) is 0 Å². The second kappa shape index (κ2) is 7.93. The van der Waals surface area contributed by atoms with E-state index >= 15 is 0 Å². The lowest BCUT2D eigenvalue weighted by Gasteiger charge is -2.34. The summed E-state index contributed by atoms with van der Waals surface area (Å²) in [6.07, 6.45) is 2.31. The average Bonchev–Trinajstić information content (AvgIpc) is 2.63. The molecule has 120 valence electrons. The van der Waals surface area contributed by atoms with E-state index in [9.17, 15) is 4.79 Å². The van der Waals surface area contributed by atoms with Crippen LogP contribution in [0.4, 0.5) is 0 Å². The number of carbonyl (C=O) groups excluding carboxylic acids is 1. The number of aryl methyl sites for hydroxylation is 1. The summed E-state index contributed by atoms with van der Waals surface area (Å²) in [6.45, 7) is 4.74. The summed E-state index contributed by atoms with van der Waals surface area (Å²) in [7, 11) is 0. The second-order valence-corrected chi connectivity index (χ2v) is 6.09. The first kappa shape index (κ1) is 15.8.